The lowest BCUT2D eigenvalue weighted by molar-refractivity contribution is 0.415. The summed E-state index contributed by atoms with van der Waals surface area (Å²) in [5.74, 6) is 2.45. The summed E-state index contributed by atoms with van der Waals surface area (Å²) < 4.78 is 5.30. The zero-order valence-corrected chi connectivity index (χ0v) is 11.8. The van der Waals surface area contributed by atoms with Gasteiger partial charge in [-0.3, -0.25) is 0 Å². The zero-order valence-electron chi connectivity index (χ0n) is 11.8. The summed E-state index contributed by atoms with van der Waals surface area (Å²) in [5.41, 5.74) is 5.96. The SMILES string of the molecule is COc1ccc2ccnc(NCC3CCC(N)C3)c2c1. The Morgan fingerprint density at radius 3 is 3.00 bits per heavy atom. The molecule has 1 fully saturated rings. The van der Waals surface area contributed by atoms with E-state index < -0.39 is 0 Å². The Bertz CT molecular complexity index is 599. The molecule has 1 heterocycles. The fourth-order valence-electron chi connectivity index (χ4n) is 2.96. The number of pyridine rings is 1. The minimum absolute atomic E-state index is 0.377. The number of rotatable bonds is 4. The Kier molecular flexibility index (Phi) is 3.74. The Morgan fingerprint density at radius 1 is 1.35 bits per heavy atom. The molecule has 0 bridgehead atoms. The zero-order chi connectivity index (χ0) is 13.9. The summed E-state index contributed by atoms with van der Waals surface area (Å²) in [5, 5.41) is 5.76. The number of benzene rings is 1. The predicted octanol–water partition coefficient (Wildman–Crippen LogP) is 2.78. The molecule has 3 rings (SSSR count). The summed E-state index contributed by atoms with van der Waals surface area (Å²) in [6, 6.07) is 8.47. The smallest absolute Gasteiger partial charge is 0.133 e. The van der Waals surface area contributed by atoms with E-state index in [2.05, 4.69) is 16.4 Å². The average molecular weight is 271 g/mol. The summed E-state index contributed by atoms with van der Waals surface area (Å²) >= 11 is 0. The second kappa shape index (κ2) is 5.67. The van der Waals surface area contributed by atoms with Crippen molar-refractivity contribution >= 4 is 16.6 Å². The van der Waals surface area contributed by atoms with Crippen LogP contribution >= 0.6 is 0 Å². The number of nitrogens with two attached hydrogens (primary N) is 1. The van der Waals surface area contributed by atoms with Crippen LogP contribution < -0.4 is 15.8 Å². The van der Waals surface area contributed by atoms with Crippen LogP contribution in [0.3, 0.4) is 0 Å². The van der Waals surface area contributed by atoms with Crippen molar-refractivity contribution in [1.82, 2.24) is 4.98 Å². The van der Waals surface area contributed by atoms with Crippen LogP contribution in [0.1, 0.15) is 19.3 Å². The summed E-state index contributed by atoms with van der Waals surface area (Å²) in [7, 11) is 1.69. The lowest BCUT2D eigenvalue weighted by atomic mass is 10.1. The fourth-order valence-corrected chi connectivity index (χ4v) is 2.96. The van der Waals surface area contributed by atoms with Crippen LogP contribution in [-0.4, -0.2) is 24.7 Å². The van der Waals surface area contributed by atoms with E-state index in [9.17, 15) is 0 Å². The number of hydrogen-bond acceptors (Lipinski definition) is 4. The van der Waals surface area contributed by atoms with E-state index in [0.717, 1.165) is 36.3 Å². The predicted molar refractivity (Wildman–Crippen MR) is 82.1 cm³/mol. The van der Waals surface area contributed by atoms with E-state index in [4.69, 9.17) is 10.5 Å². The van der Waals surface area contributed by atoms with Crippen molar-refractivity contribution in [3.63, 3.8) is 0 Å². The van der Waals surface area contributed by atoms with Crippen LogP contribution in [0, 0.1) is 5.92 Å². The van der Waals surface area contributed by atoms with Crippen LogP contribution in [0.2, 0.25) is 0 Å². The highest BCUT2D eigenvalue weighted by Gasteiger charge is 2.21. The molecule has 2 aromatic rings. The van der Waals surface area contributed by atoms with E-state index in [1.807, 2.05) is 24.4 Å². The van der Waals surface area contributed by atoms with E-state index in [1.165, 1.54) is 11.8 Å². The third-order valence-corrected chi connectivity index (χ3v) is 4.11. The second-order valence-electron chi connectivity index (χ2n) is 5.57. The first-order chi connectivity index (χ1) is 9.76. The molecule has 1 aromatic carbocycles. The van der Waals surface area contributed by atoms with Gasteiger partial charge in [-0.15, -0.1) is 0 Å². The van der Waals surface area contributed by atoms with Crippen molar-refractivity contribution in [2.24, 2.45) is 11.7 Å². The van der Waals surface area contributed by atoms with Crippen LogP contribution in [-0.2, 0) is 0 Å². The molecule has 1 aliphatic rings. The van der Waals surface area contributed by atoms with Gasteiger partial charge in [0.05, 0.1) is 7.11 Å². The number of nitrogens with one attached hydrogen (secondary N) is 1. The minimum Gasteiger partial charge on any atom is -0.497 e. The number of hydrogen-bond donors (Lipinski definition) is 2. The molecular formula is C16H21N3O. The average Bonchev–Trinajstić information content (AvgIpc) is 2.90. The fraction of sp³-hybridized carbons (Fsp3) is 0.438. The monoisotopic (exact) mass is 271 g/mol. The molecule has 0 amide bonds. The highest BCUT2D eigenvalue weighted by atomic mass is 16.5. The van der Waals surface area contributed by atoms with Crippen molar-refractivity contribution in [1.29, 1.82) is 0 Å². The molecular weight excluding hydrogens is 250 g/mol. The van der Waals surface area contributed by atoms with Gasteiger partial charge < -0.3 is 15.8 Å². The van der Waals surface area contributed by atoms with E-state index in [0.29, 0.717) is 12.0 Å². The maximum atomic E-state index is 5.96. The first-order valence-corrected chi connectivity index (χ1v) is 7.18. The van der Waals surface area contributed by atoms with Crippen molar-refractivity contribution < 1.29 is 4.74 Å². The molecule has 2 unspecified atom stereocenters. The van der Waals surface area contributed by atoms with Gasteiger partial charge in [0.25, 0.3) is 0 Å². The van der Waals surface area contributed by atoms with Gasteiger partial charge in [0.2, 0.25) is 0 Å². The summed E-state index contributed by atoms with van der Waals surface area (Å²) in [4.78, 5) is 4.46. The quantitative estimate of drug-likeness (QED) is 0.897. The maximum absolute atomic E-state index is 5.96. The molecule has 0 radical (unpaired) electrons. The van der Waals surface area contributed by atoms with Crippen LogP contribution in [0.5, 0.6) is 5.75 Å². The van der Waals surface area contributed by atoms with Crippen LogP contribution in [0.25, 0.3) is 10.8 Å². The van der Waals surface area contributed by atoms with E-state index >= 15 is 0 Å². The minimum atomic E-state index is 0.377. The molecule has 4 heteroatoms. The van der Waals surface area contributed by atoms with E-state index in [1.54, 1.807) is 7.11 Å². The Balaban J connectivity index is 1.79. The molecule has 0 saturated heterocycles. The molecule has 1 aromatic heterocycles. The molecule has 1 saturated carbocycles. The molecule has 106 valence electrons. The number of fused-ring (bicyclic) bond motifs is 1. The maximum Gasteiger partial charge on any atom is 0.133 e. The van der Waals surface area contributed by atoms with Gasteiger partial charge in [-0.05, 0) is 48.8 Å². The third-order valence-electron chi connectivity index (χ3n) is 4.11. The summed E-state index contributed by atoms with van der Waals surface area (Å²) in [6.07, 6.45) is 5.31. The lowest BCUT2D eigenvalue weighted by Crippen LogP contribution is -2.18. The lowest BCUT2D eigenvalue weighted by Gasteiger charge is -2.13. The number of aromatic nitrogens is 1. The number of methoxy groups -OCH3 is 1. The van der Waals surface area contributed by atoms with Gasteiger partial charge in [-0.2, -0.15) is 0 Å². The highest BCUT2D eigenvalue weighted by molar-refractivity contribution is 5.92. The standard InChI is InChI=1S/C16H21N3O/c1-20-14-5-3-12-6-7-18-16(15(12)9-14)19-10-11-2-4-13(17)8-11/h3,5-7,9,11,13H,2,4,8,10,17H2,1H3,(H,18,19). The molecule has 2 atom stereocenters. The topological polar surface area (TPSA) is 60.2 Å². The van der Waals surface area contributed by atoms with Gasteiger partial charge >= 0.3 is 0 Å². The summed E-state index contributed by atoms with van der Waals surface area (Å²) in [6.45, 7) is 0.941. The van der Waals surface area contributed by atoms with Gasteiger partial charge in [0.1, 0.15) is 11.6 Å². The molecule has 1 aliphatic carbocycles. The molecule has 0 aliphatic heterocycles. The molecule has 0 spiro atoms. The molecule has 4 nitrogen and oxygen atoms in total. The largest absolute Gasteiger partial charge is 0.497 e. The third kappa shape index (κ3) is 2.70. The van der Waals surface area contributed by atoms with Crippen molar-refractivity contribution in [2.75, 3.05) is 19.0 Å². The van der Waals surface area contributed by atoms with Gasteiger partial charge in [0.15, 0.2) is 0 Å². The van der Waals surface area contributed by atoms with Crippen LogP contribution in [0.15, 0.2) is 30.5 Å². The Morgan fingerprint density at radius 2 is 2.25 bits per heavy atom. The number of ether oxygens (including phenoxy) is 1. The van der Waals surface area contributed by atoms with Crippen molar-refractivity contribution in [3.8, 4) is 5.75 Å². The van der Waals surface area contributed by atoms with Gasteiger partial charge in [0, 0.05) is 24.2 Å². The number of anilines is 1. The number of nitrogens with zero attached hydrogens (tertiary/aromatic N) is 1. The Hall–Kier alpha value is -1.81. The highest BCUT2D eigenvalue weighted by Crippen LogP contribution is 2.28. The first-order valence-electron chi connectivity index (χ1n) is 7.18. The van der Waals surface area contributed by atoms with E-state index in [-0.39, 0.29) is 0 Å². The normalized spacial score (nSPS) is 22.1. The van der Waals surface area contributed by atoms with Crippen LogP contribution in [0.4, 0.5) is 5.82 Å². The van der Waals surface area contributed by atoms with Crippen molar-refractivity contribution in [2.45, 2.75) is 25.3 Å². The molecule has 3 N–H and O–H groups in total. The second-order valence-corrected chi connectivity index (χ2v) is 5.57. The molecule has 20 heavy (non-hydrogen) atoms. The van der Waals surface area contributed by atoms with Crippen molar-refractivity contribution in [3.05, 3.63) is 30.5 Å². The first kappa shape index (κ1) is 13.2. The van der Waals surface area contributed by atoms with Gasteiger partial charge in [-0.25, -0.2) is 4.98 Å². The Labute approximate surface area is 119 Å². The van der Waals surface area contributed by atoms with Gasteiger partial charge in [-0.1, -0.05) is 6.07 Å².